The van der Waals surface area contributed by atoms with E-state index in [0.29, 0.717) is 17.5 Å². The molecule has 0 aliphatic heterocycles. The largest absolute Gasteiger partial charge is 0.383 e. The Bertz CT molecular complexity index is 341. The van der Waals surface area contributed by atoms with Gasteiger partial charge in [-0.15, -0.1) is 0 Å². The van der Waals surface area contributed by atoms with Crippen molar-refractivity contribution in [2.45, 2.75) is 18.9 Å². The summed E-state index contributed by atoms with van der Waals surface area (Å²) in [6.45, 7) is 2.38. The number of hydrogen-bond donors (Lipinski definition) is 1. The van der Waals surface area contributed by atoms with Crippen LogP contribution in [0.2, 0.25) is 0 Å². The van der Waals surface area contributed by atoms with Gasteiger partial charge >= 0.3 is 0 Å². The third-order valence-corrected chi connectivity index (χ3v) is 2.67. The van der Waals surface area contributed by atoms with Crippen LogP contribution in [0.5, 0.6) is 0 Å². The van der Waals surface area contributed by atoms with Crippen LogP contribution in [-0.4, -0.2) is 19.3 Å². The van der Waals surface area contributed by atoms with Crippen LogP contribution in [0.4, 0.5) is 4.39 Å². The predicted octanol–water partition coefficient (Wildman–Crippen LogP) is 2.49. The molecule has 0 heterocycles. The number of benzene rings is 1. The summed E-state index contributed by atoms with van der Waals surface area (Å²) >= 11 is 3.15. The predicted molar refractivity (Wildman–Crippen MR) is 62.3 cm³/mol. The van der Waals surface area contributed by atoms with Gasteiger partial charge in [0.1, 0.15) is 5.82 Å². The zero-order valence-corrected chi connectivity index (χ0v) is 10.5. The van der Waals surface area contributed by atoms with E-state index in [4.69, 9.17) is 10.5 Å². The molecule has 2 nitrogen and oxygen atoms in total. The number of methoxy groups -OCH3 is 1. The van der Waals surface area contributed by atoms with Gasteiger partial charge in [-0.05, 0) is 47.0 Å². The molecular formula is C11H15BrFNO. The molecule has 1 aromatic rings. The van der Waals surface area contributed by atoms with Gasteiger partial charge in [0.2, 0.25) is 0 Å². The normalized spacial score (nSPS) is 15.0. The molecule has 0 saturated carbocycles. The second kappa shape index (κ2) is 5.05. The molecule has 0 aromatic heterocycles. The fourth-order valence-electron chi connectivity index (χ4n) is 1.50. The molecule has 4 heteroatoms. The molecule has 1 unspecified atom stereocenters. The number of hydrogen-bond acceptors (Lipinski definition) is 2. The Morgan fingerprint density at radius 3 is 2.73 bits per heavy atom. The van der Waals surface area contributed by atoms with Crippen molar-refractivity contribution in [2.75, 3.05) is 13.7 Å². The van der Waals surface area contributed by atoms with Gasteiger partial charge in [-0.1, -0.05) is 6.07 Å². The van der Waals surface area contributed by atoms with Crippen molar-refractivity contribution in [1.29, 1.82) is 0 Å². The van der Waals surface area contributed by atoms with Crippen LogP contribution in [-0.2, 0) is 11.2 Å². The van der Waals surface area contributed by atoms with Gasteiger partial charge in [-0.2, -0.15) is 0 Å². The van der Waals surface area contributed by atoms with Crippen LogP contribution < -0.4 is 5.73 Å². The van der Waals surface area contributed by atoms with Crippen LogP contribution in [0.15, 0.2) is 22.7 Å². The molecule has 1 atom stereocenters. The van der Waals surface area contributed by atoms with E-state index in [1.165, 1.54) is 6.07 Å². The quantitative estimate of drug-likeness (QED) is 0.917. The molecule has 1 aromatic carbocycles. The first-order chi connectivity index (χ1) is 6.94. The summed E-state index contributed by atoms with van der Waals surface area (Å²) in [5.41, 5.74) is 6.58. The van der Waals surface area contributed by atoms with Gasteiger partial charge in [0.05, 0.1) is 11.1 Å². The summed E-state index contributed by atoms with van der Waals surface area (Å²) in [7, 11) is 1.62. The van der Waals surface area contributed by atoms with Gasteiger partial charge in [-0.3, -0.25) is 0 Å². The average molecular weight is 276 g/mol. The number of ether oxygens (including phenoxy) is 1. The minimum Gasteiger partial charge on any atom is -0.383 e. The lowest BCUT2D eigenvalue weighted by Gasteiger charge is -2.23. The maximum atomic E-state index is 13.0. The van der Waals surface area contributed by atoms with Crippen LogP contribution in [0.1, 0.15) is 12.5 Å². The summed E-state index contributed by atoms with van der Waals surface area (Å²) in [4.78, 5) is 0. The highest BCUT2D eigenvalue weighted by Crippen LogP contribution is 2.19. The first-order valence-electron chi connectivity index (χ1n) is 4.66. The van der Waals surface area contributed by atoms with Gasteiger partial charge in [-0.25, -0.2) is 4.39 Å². The molecule has 84 valence electrons. The molecule has 2 N–H and O–H groups in total. The Hall–Kier alpha value is -0.450. The highest BCUT2D eigenvalue weighted by molar-refractivity contribution is 9.10. The molecular weight excluding hydrogens is 261 g/mol. The minimum absolute atomic E-state index is 0.260. The van der Waals surface area contributed by atoms with Crippen molar-refractivity contribution in [3.63, 3.8) is 0 Å². The monoisotopic (exact) mass is 275 g/mol. The standard InChI is InChI=1S/C11H15BrFNO/c1-11(14,7-15-2)6-8-3-4-10(13)9(12)5-8/h3-5H,6-7,14H2,1-2H3. The van der Waals surface area contributed by atoms with E-state index in [0.717, 1.165) is 5.56 Å². The number of nitrogens with two attached hydrogens (primary N) is 1. The Balaban J connectivity index is 2.76. The van der Waals surface area contributed by atoms with Crippen LogP contribution in [0.25, 0.3) is 0 Å². The van der Waals surface area contributed by atoms with Crippen LogP contribution in [0, 0.1) is 5.82 Å². The SMILES string of the molecule is COCC(C)(N)Cc1ccc(F)c(Br)c1. The first kappa shape index (κ1) is 12.6. The van der Waals surface area contributed by atoms with E-state index in [-0.39, 0.29) is 5.82 Å². The molecule has 0 amide bonds. The lowest BCUT2D eigenvalue weighted by molar-refractivity contribution is 0.141. The molecule has 0 saturated heterocycles. The maximum absolute atomic E-state index is 13.0. The zero-order chi connectivity index (χ0) is 11.5. The van der Waals surface area contributed by atoms with Gasteiger partial charge in [0.15, 0.2) is 0 Å². The maximum Gasteiger partial charge on any atom is 0.137 e. The van der Waals surface area contributed by atoms with Crippen molar-refractivity contribution < 1.29 is 9.13 Å². The number of rotatable bonds is 4. The molecule has 1 rings (SSSR count). The highest BCUT2D eigenvalue weighted by atomic mass is 79.9. The summed E-state index contributed by atoms with van der Waals surface area (Å²) in [6, 6.07) is 4.92. The van der Waals surface area contributed by atoms with Crippen LogP contribution in [0.3, 0.4) is 0 Å². The van der Waals surface area contributed by atoms with Crippen molar-refractivity contribution in [2.24, 2.45) is 5.73 Å². The Kier molecular flexibility index (Phi) is 4.25. The number of halogens is 2. The topological polar surface area (TPSA) is 35.2 Å². The summed E-state index contributed by atoms with van der Waals surface area (Å²) in [5, 5.41) is 0. The van der Waals surface area contributed by atoms with Crippen molar-refractivity contribution >= 4 is 15.9 Å². The summed E-state index contributed by atoms with van der Waals surface area (Å²) in [6.07, 6.45) is 0.652. The molecule has 0 aliphatic rings. The third kappa shape index (κ3) is 3.89. The van der Waals surface area contributed by atoms with Crippen LogP contribution >= 0.6 is 15.9 Å². The summed E-state index contributed by atoms with van der Waals surface area (Å²) < 4.78 is 18.5. The Labute approximate surface area is 97.7 Å². The minimum atomic E-state index is -0.425. The summed E-state index contributed by atoms with van der Waals surface area (Å²) in [5.74, 6) is -0.260. The van der Waals surface area contributed by atoms with Gasteiger partial charge < -0.3 is 10.5 Å². The lowest BCUT2D eigenvalue weighted by Crippen LogP contribution is -2.43. The van der Waals surface area contributed by atoms with E-state index in [1.54, 1.807) is 19.2 Å². The first-order valence-corrected chi connectivity index (χ1v) is 5.46. The molecule has 0 bridgehead atoms. The third-order valence-electron chi connectivity index (χ3n) is 2.07. The van der Waals surface area contributed by atoms with E-state index < -0.39 is 5.54 Å². The molecule has 15 heavy (non-hydrogen) atoms. The molecule has 0 aliphatic carbocycles. The molecule has 0 radical (unpaired) electrons. The zero-order valence-electron chi connectivity index (χ0n) is 8.89. The van der Waals surface area contributed by atoms with Crippen molar-refractivity contribution in [3.05, 3.63) is 34.1 Å². The lowest BCUT2D eigenvalue weighted by atomic mass is 9.95. The Morgan fingerprint density at radius 2 is 2.20 bits per heavy atom. The van der Waals surface area contributed by atoms with E-state index >= 15 is 0 Å². The van der Waals surface area contributed by atoms with E-state index in [1.807, 2.05) is 6.92 Å². The average Bonchev–Trinajstić information content (AvgIpc) is 2.10. The molecule has 0 spiro atoms. The highest BCUT2D eigenvalue weighted by Gasteiger charge is 2.19. The van der Waals surface area contributed by atoms with Gasteiger partial charge in [0, 0.05) is 12.6 Å². The second-order valence-corrected chi connectivity index (χ2v) is 4.87. The van der Waals surface area contributed by atoms with Crippen molar-refractivity contribution in [3.8, 4) is 0 Å². The van der Waals surface area contributed by atoms with E-state index in [9.17, 15) is 4.39 Å². The smallest absolute Gasteiger partial charge is 0.137 e. The van der Waals surface area contributed by atoms with Gasteiger partial charge in [0.25, 0.3) is 0 Å². The fraction of sp³-hybridized carbons (Fsp3) is 0.455. The molecule has 0 fully saturated rings. The van der Waals surface area contributed by atoms with Crippen molar-refractivity contribution in [1.82, 2.24) is 0 Å². The Morgan fingerprint density at radius 1 is 1.53 bits per heavy atom. The van der Waals surface area contributed by atoms with E-state index in [2.05, 4.69) is 15.9 Å². The second-order valence-electron chi connectivity index (χ2n) is 4.01. The fourth-order valence-corrected chi connectivity index (χ4v) is 1.92.